The zero-order valence-electron chi connectivity index (χ0n) is 8.07. The van der Waals surface area contributed by atoms with Crippen LogP contribution < -0.4 is 5.73 Å². The minimum Gasteiger partial charge on any atom is -0.394 e. The number of aliphatic hydroxyl groups is 1. The van der Waals surface area contributed by atoms with Crippen molar-refractivity contribution >= 4 is 5.91 Å². The van der Waals surface area contributed by atoms with E-state index in [0.29, 0.717) is 6.42 Å². The Morgan fingerprint density at radius 2 is 2.46 bits per heavy atom. The predicted octanol–water partition coefficient (Wildman–Crippen LogP) is -0.293. The maximum atomic E-state index is 11.6. The SMILES string of the molecule is CC[C@@H](N)C(=O)N1CCCC1CO. The Balaban J connectivity index is 2.54. The van der Waals surface area contributed by atoms with Gasteiger partial charge in [0, 0.05) is 6.54 Å². The lowest BCUT2D eigenvalue weighted by Crippen LogP contribution is -2.46. The zero-order valence-corrected chi connectivity index (χ0v) is 8.07. The van der Waals surface area contributed by atoms with E-state index >= 15 is 0 Å². The van der Waals surface area contributed by atoms with Crippen molar-refractivity contribution in [3.63, 3.8) is 0 Å². The number of amides is 1. The number of rotatable bonds is 3. The quantitative estimate of drug-likeness (QED) is 0.636. The highest BCUT2D eigenvalue weighted by molar-refractivity contribution is 5.82. The van der Waals surface area contributed by atoms with Crippen molar-refractivity contribution < 1.29 is 9.90 Å². The molecule has 1 amide bonds. The molecule has 4 heteroatoms. The molecule has 76 valence electrons. The Kier molecular flexibility index (Phi) is 3.69. The topological polar surface area (TPSA) is 66.6 Å². The molecule has 0 aromatic rings. The third-order valence-corrected chi connectivity index (χ3v) is 2.63. The first-order chi connectivity index (χ1) is 6.20. The number of hydrogen-bond donors (Lipinski definition) is 2. The second kappa shape index (κ2) is 4.58. The maximum absolute atomic E-state index is 11.6. The normalized spacial score (nSPS) is 24.8. The maximum Gasteiger partial charge on any atom is 0.239 e. The fourth-order valence-corrected chi connectivity index (χ4v) is 1.70. The summed E-state index contributed by atoms with van der Waals surface area (Å²) in [6, 6.07) is -0.391. The summed E-state index contributed by atoms with van der Waals surface area (Å²) in [6.07, 6.45) is 2.54. The molecular weight excluding hydrogens is 168 g/mol. The fourth-order valence-electron chi connectivity index (χ4n) is 1.70. The summed E-state index contributed by atoms with van der Waals surface area (Å²) >= 11 is 0. The number of carbonyl (C=O) groups excluding carboxylic acids is 1. The summed E-state index contributed by atoms with van der Waals surface area (Å²) in [5.41, 5.74) is 5.64. The number of nitrogens with two attached hydrogens (primary N) is 1. The highest BCUT2D eigenvalue weighted by atomic mass is 16.3. The van der Waals surface area contributed by atoms with Crippen LogP contribution >= 0.6 is 0 Å². The Morgan fingerprint density at radius 1 is 1.77 bits per heavy atom. The summed E-state index contributed by atoms with van der Waals surface area (Å²) in [4.78, 5) is 13.4. The van der Waals surface area contributed by atoms with Gasteiger partial charge in [-0.05, 0) is 19.3 Å². The lowest BCUT2D eigenvalue weighted by molar-refractivity contribution is -0.134. The van der Waals surface area contributed by atoms with Crippen LogP contribution in [0.5, 0.6) is 0 Å². The third-order valence-electron chi connectivity index (χ3n) is 2.63. The Morgan fingerprint density at radius 3 is 3.00 bits per heavy atom. The lowest BCUT2D eigenvalue weighted by Gasteiger charge is -2.25. The molecular formula is C9H18N2O2. The number of aliphatic hydroxyl groups excluding tert-OH is 1. The van der Waals surface area contributed by atoms with Crippen molar-refractivity contribution in [2.24, 2.45) is 5.73 Å². The fraction of sp³-hybridized carbons (Fsp3) is 0.889. The van der Waals surface area contributed by atoms with E-state index in [9.17, 15) is 4.79 Å². The molecule has 0 radical (unpaired) electrons. The summed E-state index contributed by atoms with van der Waals surface area (Å²) in [5, 5.41) is 9.01. The van der Waals surface area contributed by atoms with Gasteiger partial charge in [-0.2, -0.15) is 0 Å². The highest BCUT2D eigenvalue weighted by Crippen LogP contribution is 2.17. The molecule has 0 aromatic heterocycles. The molecule has 0 aliphatic carbocycles. The van der Waals surface area contributed by atoms with Gasteiger partial charge in [-0.15, -0.1) is 0 Å². The lowest BCUT2D eigenvalue weighted by atomic mass is 10.2. The molecule has 0 spiro atoms. The second-order valence-electron chi connectivity index (χ2n) is 3.52. The van der Waals surface area contributed by atoms with Crippen LogP contribution in [-0.2, 0) is 4.79 Å². The molecule has 1 heterocycles. The molecule has 1 aliphatic rings. The number of nitrogens with zero attached hydrogens (tertiary/aromatic N) is 1. The van der Waals surface area contributed by atoms with Crippen molar-refractivity contribution in [1.82, 2.24) is 4.90 Å². The smallest absolute Gasteiger partial charge is 0.239 e. The van der Waals surface area contributed by atoms with Crippen LogP contribution in [0.1, 0.15) is 26.2 Å². The van der Waals surface area contributed by atoms with Gasteiger partial charge in [-0.25, -0.2) is 0 Å². The van der Waals surface area contributed by atoms with Crippen molar-refractivity contribution in [3.8, 4) is 0 Å². The van der Waals surface area contributed by atoms with Crippen LogP contribution in [-0.4, -0.2) is 41.1 Å². The monoisotopic (exact) mass is 186 g/mol. The molecule has 0 saturated carbocycles. The molecule has 0 bridgehead atoms. The molecule has 1 rings (SSSR count). The molecule has 3 N–H and O–H groups in total. The van der Waals surface area contributed by atoms with Gasteiger partial charge in [0.25, 0.3) is 0 Å². The first kappa shape index (κ1) is 10.5. The van der Waals surface area contributed by atoms with E-state index in [1.165, 1.54) is 0 Å². The largest absolute Gasteiger partial charge is 0.394 e. The van der Waals surface area contributed by atoms with Gasteiger partial charge in [0.2, 0.25) is 5.91 Å². The minimum atomic E-state index is -0.396. The van der Waals surface area contributed by atoms with Crippen LogP contribution in [0.15, 0.2) is 0 Å². The molecule has 13 heavy (non-hydrogen) atoms. The van der Waals surface area contributed by atoms with Crippen molar-refractivity contribution in [2.75, 3.05) is 13.2 Å². The summed E-state index contributed by atoms with van der Waals surface area (Å²) in [7, 11) is 0. The van der Waals surface area contributed by atoms with Crippen LogP contribution in [0, 0.1) is 0 Å². The summed E-state index contributed by atoms with van der Waals surface area (Å²) in [5.74, 6) is -0.0148. The van der Waals surface area contributed by atoms with Gasteiger partial charge in [0.15, 0.2) is 0 Å². The van der Waals surface area contributed by atoms with E-state index in [0.717, 1.165) is 19.4 Å². The van der Waals surface area contributed by atoms with Crippen LogP contribution in [0.2, 0.25) is 0 Å². The highest BCUT2D eigenvalue weighted by Gasteiger charge is 2.30. The van der Waals surface area contributed by atoms with Gasteiger partial charge >= 0.3 is 0 Å². The van der Waals surface area contributed by atoms with Gasteiger partial charge in [-0.1, -0.05) is 6.92 Å². The molecule has 0 aromatic carbocycles. The number of likely N-dealkylation sites (tertiary alicyclic amines) is 1. The van der Waals surface area contributed by atoms with Gasteiger partial charge in [0.05, 0.1) is 18.7 Å². The number of hydrogen-bond acceptors (Lipinski definition) is 3. The first-order valence-corrected chi connectivity index (χ1v) is 4.87. The van der Waals surface area contributed by atoms with Crippen molar-refractivity contribution in [1.29, 1.82) is 0 Å². The summed E-state index contributed by atoms with van der Waals surface area (Å²) in [6.45, 7) is 2.70. The first-order valence-electron chi connectivity index (χ1n) is 4.87. The molecule has 2 atom stereocenters. The Labute approximate surface area is 78.7 Å². The Hall–Kier alpha value is -0.610. The van der Waals surface area contributed by atoms with Crippen molar-refractivity contribution in [2.45, 2.75) is 38.3 Å². The van der Waals surface area contributed by atoms with Crippen molar-refractivity contribution in [3.05, 3.63) is 0 Å². The standard InChI is InChI=1S/C9H18N2O2/c1-2-8(10)9(13)11-5-3-4-7(11)6-12/h7-8,12H,2-6,10H2,1H3/t7?,8-/m1/s1. The van der Waals surface area contributed by atoms with E-state index in [2.05, 4.69) is 0 Å². The molecule has 4 nitrogen and oxygen atoms in total. The third kappa shape index (κ3) is 2.19. The van der Waals surface area contributed by atoms with Gasteiger partial charge in [0.1, 0.15) is 0 Å². The molecule has 1 saturated heterocycles. The van der Waals surface area contributed by atoms with Gasteiger partial charge < -0.3 is 15.7 Å². The average Bonchev–Trinajstić information content (AvgIpc) is 2.62. The molecule has 1 fully saturated rings. The average molecular weight is 186 g/mol. The van der Waals surface area contributed by atoms with E-state index in [1.54, 1.807) is 4.90 Å². The van der Waals surface area contributed by atoms with Gasteiger partial charge in [-0.3, -0.25) is 4.79 Å². The number of carbonyl (C=O) groups is 1. The van der Waals surface area contributed by atoms with Crippen LogP contribution in [0.3, 0.4) is 0 Å². The molecule has 1 aliphatic heterocycles. The Bertz CT molecular complexity index is 184. The summed E-state index contributed by atoms with van der Waals surface area (Å²) < 4.78 is 0. The van der Waals surface area contributed by atoms with E-state index in [-0.39, 0.29) is 18.6 Å². The van der Waals surface area contributed by atoms with E-state index < -0.39 is 6.04 Å². The molecule has 1 unspecified atom stereocenters. The second-order valence-corrected chi connectivity index (χ2v) is 3.52. The van der Waals surface area contributed by atoms with Crippen LogP contribution in [0.4, 0.5) is 0 Å². The predicted molar refractivity (Wildman–Crippen MR) is 50.1 cm³/mol. The van der Waals surface area contributed by atoms with E-state index in [1.807, 2.05) is 6.92 Å². The minimum absolute atomic E-state index is 0.00472. The van der Waals surface area contributed by atoms with Crippen LogP contribution in [0.25, 0.3) is 0 Å². The van der Waals surface area contributed by atoms with E-state index in [4.69, 9.17) is 10.8 Å². The zero-order chi connectivity index (χ0) is 9.84.